The van der Waals surface area contributed by atoms with E-state index < -0.39 is 0 Å². The monoisotopic (exact) mass is 350 g/mol. The maximum atomic E-state index is 5.76. The summed E-state index contributed by atoms with van der Waals surface area (Å²) < 4.78 is 11.5. The molecule has 0 saturated carbocycles. The molecule has 2 aromatic carbocycles. The molecule has 4 aromatic rings. The number of hydrogen-bond acceptors (Lipinski definition) is 7. The van der Waals surface area contributed by atoms with Crippen molar-refractivity contribution in [1.29, 1.82) is 0 Å². The van der Waals surface area contributed by atoms with E-state index in [1.165, 1.54) is 11.8 Å². The van der Waals surface area contributed by atoms with Crippen molar-refractivity contribution >= 4 is 11.8 Å². The highest BCUT2D eigenvalue weighted by Crippen LogP contribution is 2.35. The second-order valence-corrected chi connectivity index (χ2v) is 6.60. The number of aromatic nitrogens is 4. The van der Waals surface area contributed by atoms with Crippen molar-refractivity contribution < 1.29 is 8.83 Å². The Kier molecular flexibility index (Phi) is 4.30. The lowest BCUT2D eigenvalue weighted by Gasteiger charge is -2.01. The van der Waals surface area contributed by atoms with E-state index >= 15 is 0 Å². The topological polar surface area (TPSA) is 77.8 Å². The number of benzene rings is 2. The molecule has 1 atom stereocenters. The third kappa shape index (κ3) is 3.46. The first-order valence-electron chi connectivity index (χ1n) is 7.74. The summed E-state index contributed by atoms with van der Waals surface area (Å²) in [5.41, 5.74) is 1.78. The molecule has 0 aliphatic rings. The van der Waals surface area contributed by atoms with E-state index in [1.54, 1.807) is 0 Å². The van der Waals surface area contributed by atoms with E-state index in [0.29, 0.717) is 22.9 Å². The lowest BCUT2D eigenvalue weighted by Crippen LogP contribution is -1.88. The fourth-order valence-electron chi connectivity index (χ4n) is 2.25. The minimum Gasteiger partial charge on any atom is -0.419 e. The smallest absolute Gasteiger partial charge is 0.277 e. The van der Waals surface area contributed by atoms with Gasteiger partial charge >= 0.3 is 0 Å². The van der Waals surface area contributed by atoms with Crippen molar-refractivity contribution in [2.75, 3.05) is 0 Å². The van der Waals surface area contributed by atoms with E-state index in [4.69, 9.17) is 8.83 Å². The normalized spacial score (nSPS) is 12.2. The molecule has 0 bridgehead atoms. The van der Waals surface area contributed by atoms with Gasteiger partial charge in [-0.1, -0.05) is 48.2 Å². The van der Waals surface area contributed by atoms with Crippen molar-refractivity contribution in [3.8, 4) is 22.9 Å². The molecule has 1 unspecified atom stereocenters. The summed E-state index contributed by atoms with van der Waals surface area (Å²) in [6, 6.07) is 19.3. The van der Waals surface area contributed by atoms with Gasteiger partial charge in [0.25, 0.3) is 5.22 Å². The zero-order chi connectivity index (χ0) is 17.1. The van der Waals surface area contributed by atoms with Gasteiger partial charge in [-0.05, 0) is 31.2 Å². The molecule has 0 radical (unpaired) electrons. The summed E-state index contributed by atoms with van der Waals surface area (Å²) in [5.74, 6) is 1.51. The van der Waals surface area contributed by atoms with Crippen LogP contribution in [0.15, 0.2) is 74.7 Å². The molecular weight excluding hydrogens is 336 g/mol. The summed E-state index contributed by atoms with van der Waals surface area (Å²) in [6.45, 7) is 1.96. The molecule has 0 N–H and O–H groups in total. The van der Waals surface area contributed by atoms with Crippen LogP contribution in [0.5, 0.6) is 0 Å². The molecule has 25 heavy (non-hydrogen) atoms. The molecule has 0 saturated heterocycles. The predicted molar refractivity (Wildman–Crippen MR) is 93.7 cm³/mol. The summed E-state index contributed by atoms with van der Waals surface area (Å²) in [4.78, 5) is 0. The second-order valence-electron chi connectivity index (χ2n) is 5.31. The number of nitrogens with zero attached hydrogens (tertiary/aromatic N) is 4. The van der Waals surface area contributed by atoms with E-state index in [9.17, 15) is 0 Å². The zero-order valence-electron chi connectivity index (χ0n) is 13.4. The van der Waals surface area contributed by atoms with Crippen LogP contribution in [-0.4, -0.2) is 20.4 Å². The third-order valence-corrected chi connectivity index (χ3v) is 4.44. The van der Waals surface area contributed by atoms with E-state index in [2.05, 4.69) is 20.4 Å². The third-order valence-electron chi connectivity index (χ3n) is 3.51. The number of rotatable bonds is 5. The van der Waals surface area contributed by atoms with Crippen molar-refractivity contribution in [3.63, 3.8) is 0 Å². The minimum absolute atomic E-state index is 0.103. The Labute approximate surface area is 148 Å². The molecule has 124 valence electrons. The zero-order valence-corrected chi connectivity index (χ0v) is 14.2. The molecule has 7 heteroatoms. The van der Waals surface area contributed by atoms with Crippen molar-refractivity contribution in [3.05, 3.63) is 66.6 Å². The van der Waals surface area contributed by atoms with Gasteiger partial charge in [0.05, 0.1) is 5.25 Å². The van der Waals surface area contributed by atoms with Gasteiger partial charge in [-0.15, -0.1) is 20.4 Å². The molecular formula is C18H14N4O2S. The number of thioether (sulfide) groups is 1. The second kappa shape index (κ2) is 6.90. The highest BCUT2D eigenvalue weighted by Gasteiger charge is 2.19. The fourth-order valence-corrected chi connectivity index (χ4v) is 2.97. The van der Waals surface area contributed by atoms with Gasteiger partial charge in [0, 0.05) is 11.1 Å². The molecule has 4 rings (SSSR count). The van der Waals surface area contributed by atoms with Gasteiger partial charge in [-0.25, -0.2) is 0 Å². The predicted octanol–water partition coefficient (Wildman–Crippen LogP) is 4.64. The van der Waals surface area contributed by atoms with Gasteiger partial charge < -0.3 is 8.83 Å². The highest BCUT2D eigenvalue weighted by molar-refractivity contribution is 7.99. The van der Waals surface area contributed by atoms with Gasteiger partial charge in [0.15, 0.2) is 0 Å². The Morgan fingerprint density at radius 2 is 1.28 bits per heavy atom. The molecule has 6 nitrogen and oxygen atoms in total. The van der Waals surface area contributed by atoms with Crippen LogP contribution < -0.4 is 0 Å². The molecule has 0 aliphatic heterocycles. The first-order valence-corrected chi connectivity index (χ1v) is 8.62. The van der Waals surface area contributed by atoms with Gasteiger partial charge in [-0.2, -0.15) is 0 Å². The van der Waals surface area contributed by atoms with Crippen LogP contribution in [0.1, 0.15) is 18.1 Å². The van der Waals surface area contributed by atoms with Crippen LogP contribution in [0, 0.1) is 0 Å². The minimum atomic E-state index is -0.103. The lowest BCUT2D eigenvalue weighted by atomic mass is 10.2. The summed E-state index contributed by atoms with van der Waals surface area (Å²) in [7, 11) is 0. The molecule has 0 fully saturated rings. The van der Waals surface area contributed by atoms with Crippen molar-refractivity contribution in [2.24, 2.45) is 0 Å². The Balaban J connectivity index is 1.49. The first kappa shape index (κ1) is 15.6. The van der Waals surface area contributed by atoms with Gasteiger partial charge in [-0.3, -0.25) is 0 Å². The van der Waals surface area contributed by atoms with Gasteiger partial charge in [0.1, 0.15) is 0 Å². The average Bonchev–Trinajstić information content (AvgIpc) is 3.33. The Hall–Kier alpha value is -2.93. The first-order chi connectivity index (χ1) is 12.3. The lowest BCUT2D eigenvalue weighted by molar-refractivity contribution is 0.461. The Bertz CT molecular complexity index is 953. The molecule has 0 amide bonds. The van der Waals surface area contributed by atoms with Crippen LogP contribution in [0.4, 0.5) is 0 Å². The summed E-state index contributed by atoms with van der Waals surface area (Å²) in [6.07, 6.45) is 0. The van der Waals surface area contributed by atoms with Crippen LogP contribution in [0.25, 0.3) is 22.9 Å². The van der Waals surface area contributed by atoms with Crippen LogP contribution in [0.3, 0.4) is 0 Å². The highest BCUT2D eigenvalue weighted by atomic mass is 32.2. The fraction of sp³-hybridized carbons (Fsp3) is 0.111. The van der Waals surface area contributed by atoms with Crippen LogP contribution in [-0.2, 0) is 0 Å². The van der Waals surface area contributed by atoms with Crippen LogP contribution >= 0.6 is 11.8 Å². The largest absolute Gasteiger partial charge is 0.419 e. The van der Waals surface area contributed by atoms with Crippen LogP contribution in [0.2, 0.25) is 0 Å². The van der Waals surface area contributed by atoms with E-state index in [-0.39, 0.29) is 5.25 Å². The molecule has 2 heterocycles. The summed E-state index contributed by atoms with van der Waals surface area (Å²) in [5, 5.41) is 16.8. The molecule has 0 aliphatic carbocycles. The summed E-state index contributed by atoms with van der Waals surface area (Å²) >= 11 is 1.38. The molecule has 2 aromatic heterocycles. The molecule has 0 spiro atoms. The maximum Gasteiger partial charge on any atom is 0.277 e. The quantitative estimate of drug-likeness (QED) is 0.485. The SMILES string of the molecule is CC(Sc1nnc(-c2ccccc2)o1)c1nnc(-c2ccccc2)o1. The van der Waals surface area contributed by atoms with Gasteiger partial charge in [0.2, 0.25) is 17.7 Å². The van der Waals surface area contributed by atoms with E-state index in [0.717, 1.165) is 11.1 Å². The Morgan fingerprint density at radius 1 is 0.720 bits per heavy atom. The maximum absolute atomic E-state index is 5.76. The average molecular weight is 350 g/mol. The van der Waals surface area contributed by atoms with Crippen molar-refractivity contribution in [1.82, 2.24) is 20.4 Å². The number of hydrogen-bond donors (Lipinski definition) is 0. The van der Waals surface area contributed by atoms with E-state index in [1.807, 2.05) is 67.6 Å². The Morgan fingerprint density at radius 3 is 1.92 bits per heavy atom. The van der Waals surface area contributed by atoms with Crippen molar-refractivity contribution in [2.45, 2.75) is 17.4 Å². The standard InChI is InChI=1S/C18H14N4O2S/c1-12(15-19-20-16(23-15)13-8-4-2-5-9-13)25-18-22-21-17(24-18)14-10-6-3-7-11-14/h2-12H,1H3.